The van der Waals surface area contributed by atoms with Crippen LogP contribution in [0, 0.1) is 0 Å². The molecule has 0 saturated heterocycles. The van der Waals surface area contributed by atoms with E-state index in [1.807, 2.05) is 6.07 Å². The zero-order valence-electron chi connectivity index (χ0n) is 15.4. The van der Waals surface area contributed by atoms with Crippen LogP contribution in [0.4, 0.5) is 0 Å². The van der Waals surface area contributed by atoms with Gasteiger partial charge in [0.1, 0.15) is 11.5 Å². The lowest BCUT2D eigenvalue weighted by Crippen LogP contribution is -2.25. The number of aromatic hydroxyl groups is 1. The molecule has 2 nitrogen and oxygen atoms in total. The fourth-order valence-corrected chi connectivity index (χ4v) is 2.86. The fourth-order valence-electron chi connectivity index (χ4n) is 2.86. The molecule has 1 aromatic carbocycles. The van der Waals surface area contributed by atoms with Crippen molar-refractivity contribution in [2.24, 2.45) is 0 Å². The average Bonchev–Trinajstić information content (AvgIpc) is 2.23. The monoisotopic (exact) mass is 292 g/mol. The highest BCUT2D eigenvalue weighted by atomic mass is 16.5. The van der Waals surface area contributed by atoms with Crippen LogP contribution >= 0.6 is 0 Å². The summed E-state index contributed by atoms with van der Waals surface area (Å²) in [7, 11) is 1.71. The van der Waals surface area contributed by atoms with Gasteiger partial charge in [0.15, 0.2) is 0 Å². The van der Waals surface area contributed by atoms with Crippen molar-refractivity contribution in [2.45, 2.75) is 78.6 Å². The number of rotatable bonds is 1. The second-order valence-corrected chi connectivity index (χ2v) is 8.97. The first-order valence-electron chi connectivity index (χ1n) is 7.66. The van der Waals surface area contributed by atoms with Crippen molar-refractivity contribution in [1.82, 2.24) is 0 Å². The third-order valence-electron chi connectivity index (χ3n) is 3.79. The van der Waals surface area contributed by atoms with Crippen molar-refractivity contribution in [2.75, 3.05) is 7.11 Å². The number of methoxy groups -OCH3 is 1. The van der Waals surface area contributed by atoms with Crippen molar-refractivity contribution in [3.05, 3.63) is 22.8 Å². The molecule has 0 aromatic heterocycles. The molecule has 0 atom stereocenters. The Labute approximate surface area is 130 Å². The molecule has 0 aliphatic carbocycles. The van der Waals surface area contributed by atoms with E-state index in [-0.39, 0.29) is 16.2 Å². The highest BCUT2D eigenvalue weighted by Crippen LogP contribution is 2.48. The lowest BCUT2D eigenvalue weighted by atomic mass is 9.71. The number of hydrogen-bond acceptors (Lipinski definition) is 2. The smallest absolute Gasteiger partial charge is 0.123 e. The first kappa shape index (κ1) is 17.9. The van der Waals surface area contributed by atoms with Gasteiger partial charge in [0, 0.05) is 16.7 Å². The largest absolute Gasteiger partial charge is 0.507 e. The SMILES string of the molecule is COc1cc(C(C)(C)C)c(O)c(C(C)(C)C)c1C(C)(C)C. The highest BCUT2D eigenvalue weighted by Gasteiger charge is 2.35. The first-order chi connectivity index (χ1) is 9.21. The van der Waals surface area contributed by atoms with Gasteiger partial charge in [-0.3, -0.25) is 0 Å². The summed E-state index contributed by atoms with van der Waals surface area (Å²) < 4.78 is 5.69. The molecule has 0 amide bonds. The molecule has 21 heavy (non-hydrogen) atoms. The predicted octanol–water partition coefficient (Wildman–Crippen LogP) is 5.29. The first-order valence-corrected chi connectivity index (χ1v) is 7.66. The van der Waals surface area contributed by atoms with Gasteiger partial charge in [-0.05, 0) is 22.3 Å². The Bertz CT molecular complexity index is 520. The standard InChI is InChI=1S/C19H32O2/c1-17(2,3)12-11-13(21-10)14(18(4,5)6)15(16(12)20)19(7,8)9/h11,20H,1-10H3. The maximum atomic E-state index is 11.0. The molecule has 1 aromatic rings. The third kappa shape index (κ3) is 3.53. The molecule has 0 radical (unpaired) electrons. The topological polar surface area (TPSA) is 29.5 Å². The van der Waals surface area contributed by atoms with Crippen molar-refractivity contribution < 1.29 is 9.84 Å². The van der Waals surface area contributed by atoms with Crippen molar-refractivity contribution in [3.8, 4) is 11.5 Å². The van der Waals surface area contributed by atoms with Gasteiger partial charge < -0.3 is 9.84 Å². The number of benzene rings is 1. The van der Waals surface area contributed by atoms with Crippen LogP contribution in [0.25, 0.3) is 0 Å². The number of phenolic OH excluding ortho intramolecular Hbond substituents is 1. The molecule has 1 rings (SSSR count). The van der Waals surface area contributed by atoms with E-state index in [2.05, 4.69) is 62.3 Å². The molecule has 0 unspecified atom stereocenters. The molecular formula is C19H32O2. The Morgan fingerprint density at radius 3 is 1.48 bits per heavy atom. The summed E-state index contributed by atoms with van der Waals surface area (Å²) in [6.07, 6.45) is 0. The zero-order chi connectivity index (χ0) is 16.8. The van der Waals surface area contributed by atoms with Crippen LogP contribution in [0.3, 0.4) is 0 Å². The second kappa shape index (κ2) is 5.23. The Morgan fingerprint density at radius 1 is 0.762 bits per heavy atom. The van der Waals surface area contributed by atoms with Crippen molar-refractivity contribution in [1.29, 1.82) is 0 Å². The predicted molar refractivity (Wildman–Crippen MR) is 90.8 cm³/mol. The van der Waals surface area contributed by atoms with Gasteiger partial charge in [-0.25, -0.2) is 0 Å². The normalized spacial score (nSPS) is 13.4. The van der Waals surface area contributed by atoms with Gasteiger partial charge in [-0.2, -0.15) is 0 Å². The van der Waals surface area contributed by atoms with E-state index in [0.717, 1.165) is 22.4 Å². The minimum atomic E-state index is -0.152. The van der Waals surface area contributed by atoms with Gasteiger partial charge in [-0.15, -0.1) is 0 Å². The van der Waals surface area contributed by atoms with Crippen molar-refractivity contribution >= 4 is 0 Å². The molecule has 0 fully saturated rings. The van der Waals surface area contributed by atoms with Crippen LogP contribution in [0.1, 0.15) is 79.0 Å². The Morgan fingerprint density at radius 2 is 1.19 bits per heavy atom. The van der Waals surface area contributed by atoms with E-state index in [1.54, 1.807) is 7.11 Å². The summed E-state index contributed by atoms with van der Waals surface area (Å²) in [5.74, 6) is 1.29. The van der Waals surface area contributed by atoms with Crippen LogP contribution in [-0.2, 0) is 16.2 Å². The van der Waals surface area contributed by atoms with Gasteiger partial charge in [0.25, 0.3) is 0 Å². The molecule has 0 heterocycles. The van der Waals surface area contributed by atoms with Crippen LogP contribution in [0.15, 0.2) is 6.07 Å². The van der Waals surface area contributed by atoms with E-state index in [9.17, 15) is 5.11 Å². The van der Waals surface area contributed by atoms with Gasteiger partial charge >= 0.3 is 0 Å². The maximum absolute atomic E-state index is 11.0. The summed E-state index contributed by atoms with van der Waals surface area (Å²) in [6, 6.07) is 2.01. The second-order valence-electron chi connectivity index (χ2n) is 8.97. The molecule has 0 aliphatic rings. The maximum Gasteiger partial charge on any atom is 0.123 e. The van der Waals surface area contributed by atoms with Crippen LogP contribution in [-0.4, -0.2) is 12.2 Å². The van der Waals surface area contributed by atoms with Gasteiger partial charge in [-0.1, -0.05) is 62.3 Å². The Kier molecular flexibility index (Phi) is 4.45. The third-order valence-corrected chi connectivity index (χ3v) is 3.79. The lowest BCUT2D eigenvalue weighted by molar-refractivity contribution is 0.374. The minimum absolute atomic E-state index is 0.0954. The summed E-state index contributed by atoms with van der Waals surface area (Å²) in [5, 5.41) is 11.0. The Hall–Kier alpha value is -1.18. The van der Waals surface area contributed by atoms with E-state index in [0.29, 0.717) is 5.75 Å². The van der Waals surface area contributed by atoms with E-state index in [1.165, 1.54) is 0 Å². The molecule has 0 bridgehead atoms. The van der Waals surface area contributed by atoms with E-state index in [4.69, 9.17) is 4.74 Å². The highest BCUT2D eigenvalue weighted by molar-refractivity contribution is 5.59. The molecule has 0 aliphatic heterocycles. The minimum Gasteiger partial charge on any atom is -0.507 e. The molecule has 2 heteroatoms. The van der Waals surface area contributed by atoms with Crippen molar-refractivity contribution in [3.63, 3.8) is 0 Å². The fraction of sp³-hybridized carbons (Fsp3) is 0.684. The molecule has 120 valence electrons. The summed E-state index contributed by atoms with van der Waals surface area (Å²) in [5.41, 5.74) is 2.66. The quantitative estimate of drug-likeness (QED) is 0.761. The number of ether oxygens (including phenoxy) is 1. The van der Waals surface area contributed by atoms with E-state index < -0.39 is 0 Å². The molecule has 0 spiro atoms. The Balaban J connectivity index is 3.95. The number of phenols is 1. The van der Waals surface area contributed by atoms with Crippen LogP contribution in [0.5, 0.6) is 11.5 Å². The number of hydrogen-bond donors (Lipinski definition) is 1. The summed E-state index contributed by atoms with van der Waals surface area (Å²) in [6.45, 7) is 19.3. The molecule has 1 N–H and O–H groups in total. The van der Waals surface area contributed by atoms with E-state index >= 15 is 0 Å². The van der Waals surface area contributed by atoms with Gasteiger partial charge in [0.05, 0.1) is 7.11 Å². The lowest BCUT2D eigenvalue weighted by Gasteiger charge is -2.35. The molecular weight excluding hydrogens is 260 g/mol. The van der Waals surface area contributed by atoms with Gasteiger partial charge in [0.2, 0.25) is 0 Å². The van der Waals surface area contributed by atoms with Crippen LogP contribution in [0.2, 0.25) is 0 Å². The molecule has 0 saturated carbocycles. The zero-order valence-corrected chi connectivity index (χ0v) is 15.4. The average molecular weight is 292 g/mol. The summed E-state index contributed by atoms with van der Waals surface area (Å²) in [4.78, 5) is 0. The van der Waals surface area contributed by atoms with Crippen LogP contribution < -0.4 is 4.74 Å². The summed E-state index contributed by atoms with van der Waals surface area (Å²) >= 11 is 0.